The third kappa shape index (κ3) is 6.78. The molecule has 0 N–H and O–H groups in total. The minimum atomic E-state index is -5.94. The van der Waals surface area contributed by atoms with E-state index in [0.717, 1.165) is 6.04 Å². The van der Waals surface area contributed by atoms with Gasteiger partial charge in [-0.1, -0.05) is 67.1 Å². The molecule has 3 aromatic rings. The third-order valence-corrected chi connectivity index (χ3v) is 17.2. The number of thiophene rings is 1. The summed E-state index contributed by atoms with van der Waals surface area (Å²) in [6.07, 6.45) is 1.47. The minimum absolute atomic E-state index is 0.0796. The second-order valence-corrected chi connectivity index (χ2v) is 26.0. The maximum Gasteiger partial charge on any atom is 0.534 e. The fraction of sp³-hybridized carbons (Fsp3) is 0.593. The highest BCUT2D eigenvalue weighted by Gasteiger charge is 2.49. The zero-order valence-electron chi connectivity index (χ0n) is 24.6. The highest BCUT2D eigenvalue weighted by molar-refractivity contribution is 7.88. The lowest BCUT2D eigenvalue weighted by molar-refractivity contribution is -0.0499. The average molecular weight is 633 g/mol. The summed E-state index contributed by atoms with van der Waals surface area (Å²) in [5, 5.41) is 6.58. The molecule has 2 aromatic heterocycles. The topological polar surface area (TPSA) is 70.4 Å². The van der Waals surface area contributed by atoms with Crippen LogP contribution in [0.25, 0.3) is 21.0 Å². The molecule has 0 fully saturated rings. The molecule has 0 bridgehead atoms. The number of benzene rings is 1. The van der Waals surface area contributed by atoms with Crippen LogP contribution in [0.2, 0.25) is 42.3 Å². The number of rotatable bonds is 10. The van der Waals surface area contributed by atoms with Crippen LogP contribution in [0.3, 0.4) is 0 Å². The number of nitrogens with zero attached hydrogens (tertiary/aromatic N) is 2. The number of alkyl halides is 3. The molecule has 0 spiro atoms. The largest absolute Gasteiger partial charge is 0.534 e. The molecule has 0 saturated carbocycles. The molecule has 0 unspecified atom stereocenters. The monoisotopic (exact) mass is 632 g/mol. The van der Waals surface area contributed by atoms with E-state index in [9.17, 15) is 21.6 Å². The fourth-order valence-electron chi connectivity index (χ4n) is 5.24. The van der Waals surface area contributed by atoms with Crippen molar-refractivity contribution in [2.75, 3.05) is 6.61 Å². The van der Waals surface area contributed by atoms with Crippen molar-refractivity contribution in [3.63, 3.8) is 0 Å². The summed E-state index contributed by atoms with van der Waals surface area (Å²) >= 11 is 1.27. The van der Waals surface area contributed by atoms with Gasteiger partial charge >= 0.3 is 15.6 Å². The van der Waals surface area contributed by atoms with Crippen LogP contribution >= 0.6 is 11.3 Å². The van der Waals surface area contributed by atoms with Crippen LogP contribution in [0.15, 0.2) is 17.6 Å². The second kappa shape index (κ2) is 11.8. The molecule has 0 saturated heterocycles. The number of aromatic nitrogens is 2. The van der Waals surface area contributed by atoms with Crippen molar-refractivity contribution in [3.05, 3.63) is 23.2 Å². The average Bonchev–Trinajstić information content (AvgIpc) is 3.38. The maximum absolute atomic E-state index is 13.5. The Balaban J connectivity index is 2.21. The van der Waals surface area contributed by atoms with Gasteiger partial charge in [-0.25, -0.2) is 4.68 Å². The van der Waals surface area contributed by atoms with Crippen molar-refractivity contribution >= 4 is 58.6 Å². The molecule has 222 valence electrons. The summed E-state index contributed by atoms with van der Waals surface area (Å²) in [5.41, 5.74) is -0.217. The Labute approximate surface area is 241 Å². The maximum atomic E-state index is 13.5. The summed E-state index contributed by atoms with van der Waals surface area (Å²) in [7, 11) is -9.42. The van der Waals surface area contributed by atoms with Crippen molar-refractivity contribution in [3.8, 4) is 17.2 Å². The first kappa shape index (κ1) is 32.7. The van der Waals surface area contributed by atoms with E-state index in [1.807, 2.05) is 0 Å². The molecule has 0 amide bonds. The van der Waals surface area contributed by atoms with Crippen molar-refractivity contribution in [2.24, 2.45) is 0 Å². The van der Waals surface area contributed by atoms with Gasteiger partial charge in [-0.3, -0.25) is 0 Å². The highest BCUT2D eigenvalue weighted by atomic mass is 32.2. The van der Waals surface area contributed by atoms with E-state index in [1.165, 1.54) is 22.2 Å². The van der Waals surface area contributed by atoms with Gasteiger partial charge in [-0.15, -0.1) is 16.9 Å². The Morgan fingerprint density at radius 3 is 2.20 bits per heavy atom. The Hall–Kier alpha value is -1.86. The van der Waals surface area contributed by atoms with E-state index in [2.05, 4.69) is 77.7 Å². The molecule has 40 heavy (non-hydrogen) atoms. The van der Waals surface area contributed by atoms with Gasteiger partial charge in [0.25, 0.3) is 0 Å². The molecular weight excluding hydrogens is 594 g/mol. The fourth-order valence-corrected chi connectivity index (χ4v) is 12.6. The first-order valence-electron chi connectivity index (χ1n) is 13.3. The highest BCUT2D eigenvalue weighted by Crippen LogP contribution is 2.43. The van der Waals surface area contributed by atoms with Crippen molar-refractivity contribution < 1.29 is 30.5 Å². The van der Waals surface area contributed by atoms with Gasteiger partial charge in [-0.05, 0) is 28.7 Å². The van der Waals surface area contributed by atoms with Gasteiger partial charge in [-0.2, -0.15) is 26.7 Å². The van der Waals surface area contributed by atoms with Crippen LogP contribution < -0.4 is 4.18 Å². The zero-order valence-corrected chi connectivity index (χ0v) is 28.2. The SMILES string of the molecule is CC(C)[Si](C#Cc1csc2cc3nn(COCC[Si](C)(C)C)cc3c(OS(=O)(=O)C(F)(F)F)c12)(C(C)C)C(C)C. The van der Waals surface area contributed by atoms with E-state index in [4.69, 9.17) is 8.92 Å². The summed E-state index contributed by atoms with van der Waals surface area (Å²) in [6, 6.07) is 2.67. The molecule has 3 rings (SSSR count). The molecular formula is C27H39F3N2O4S2Si2. The van der Waals surface area contributed by atoms with Crippen LogP contribution in [0.5, 0.6) is 5.75 Å². The Morgan fingerprint density at radius 2 is 1.68 bits per heavy atom. The standard InChI is InChI=1S/C27H39F3N2O4S2Si2/c1-18(2)40(19(3)4,20(5)6)12-10-21-16-37-24-14-23-22(15-32(31-23)17-35-11-13-39(7,8)9)26(25(21)24)36-38(33,34)27(28,29)30/h14-16,18-20H,11,13,17H2,1-9H3. The van der Waals surface area contributed by atoms with Gasteiger partial charge in [0.15, 0.2) is 5.75 Å². The lowest BCUT2D eigenvalue weighted by atomic mass is 10.1. The van der Waals surface area contributed by atoms with Gasteiger partial charge in [0, 0.05) is 36.5 Å². The molecule has 0 aliphatic carbocycles. The predicted octanol–water partition coefficient (Wildman–Crippen LogP) is 8.36. The number of hydrogen-bond acceptors (Lipinski definition) is 6. The van der Waals surface area contributed by atoms with Crippen LogP contribution in [0.4, 0.5) is 13.2 Å². The summed E-state index contributed by atoms with van der Waals surface area (Å²) in [6.45, 7) is 20.3. The Bertz CT molecular complexity index is 1500. The van der Waals surface area contributed by atoms with Gasteiger partial charge in [0.05, 0.1) is 16.3 Å². The quantitative estimate of drug-likeness (QED) is 0.0739. The van der Waals surface area contributed by atoms with Gasteiger partial charge < -0.3 is 8.92 Å². The Kier molecular flexibility index (Phi) is 9.63. The molecule has 0 aliphatic heterocycles. The first-order valence-corrected chi connectivity index (χ1v) is 21.6. The normalized spacial score (nSPS) is 13.6. The van der Waals surface area contributed by atoms with Gasteiger partial charge in [0.2, 0.25) is 0 Å². The van der Waals surface area contributed by atoms with E-state index in [0.29, 0.717) is 39.0 Å². The lowest BCUT2D eigenvalue weighted by Gasteiger charge is -2.38. The lowest BCUT2D eigenvalue weighted by Crippen LogP contribution is -2.43. The molecule has 0 radical (unpaired) electrons. The van der Waals surface area contributed by atoms with E-state index >= 15 is 0 Å². The number of halogens is 3. The zero-order chi connectivity index (χ0) is 30.3. The number of ether oxygens (including phenoxy) is 1. The van der Waals surface area contributed by atoms with Crippen molar-refractivity contribution in [1.29, 1.82) is 0 Å². The summed E-state index contributed by atoms with van der Waals surface area (Å²) in [5.74, 6) is 2.86. The van der Waals surface area contributed by atoms with Crippen LogP contribution in [-0.4, -0.2) is 46.5 Å². The third-order valence-electron chi connectivity index (χ3n) is 7.33. The van der Waals surface area contributed by atoms with E-state index in [-0.39, 0.29) is 17.5 Å². The molecule has 0 aliphatic rings. The Morgan fingerprint density at radius 1 is 1.07 bits per heavy atom. The van der Waals surface area contributed by atoms with E-state index in [1.54, 1.807) is 11.4 Å². The van der Waals surface area contributed by atoms with Crippen molar-refractivity contribution in [2.45, 2.75) is 96.1 Å². The minimum Gasteiger partial charge on any atom is -0.374 e. The molecule has 2 heterocycles. The number of fused-ring (bicyclic) bond motifs is 2. The summed E-state index contributed by atoms with van der Waals surface area (Å²) < 4.78 is 77.4. The van der Waals surface area contributed by atoms with Crippen LogP contribution in [0, 0.1) is 11.5 Å². The first-order chi connectivity index (χ1) is 18.3. The predicted molar refractivity (Wildman–Crippen MR) is 163 cm³/mol. The molecule has 13 heteroatoms. The van der Waals surface area contributed by atoms with E-state index < -0.39 is 37.5 Å². The van der Waals surface area contributed by atoms with Crippen LogP contribution in [-0.2, 0) is 21.6 Å². The molecule has 0 atom stereocenters. The van der Waals surface area contributed by atoms with Gasteiger partial charge in [0.1, 0.15) is 14.8 Å². The molecule has 1 aromatic carbocycles. The van der Waals surface area contributed by atoms with Crippen molar-refractivity contribution in [1.82, 2.24) is 9.78 Å². The summed E-state index contributed by atoms with van der Waals surface area (Å²) in [4.78, 5) is 0. The smallest absolute Gasteiger partial charge is 0.374 e. The second-order valence-electron chi connectivity index (χ2n) is 12.3. The van der Waals surface area contributed by atoms with Crippen LogP contribution in [0.1, 0.15) is 47.1 Å². The number of hydrogen-bond donors (Lipinski definition) is 0. The molecule has 6 nitrogen and oxygen atoms in total.